The Morgan fingerprint density at radius 3 is 2.86 bits per heavy atom. The van der Waals surface area contributed by atoms with Crippen molar-refractivity contribution in [1.29, 1.82) is 0 Å². The van der Waals surface area contributed by atoms with Crippen molar-refractivity contribution < 1.29 is 14.7 Å². The van der Waals surface area contributed by atoms with Crippen molar-refractivity contribution in [3.8, 4) is 0 Å². The lowest BCUT2D eigenvalue weighted by atomic mass is 9.94. The van der Waals surface area contributed by atoms with Gasteiger partial charge in [0, 0.05) is 25.5 Å². The maximum absolute atomic E-state index is 12.2. The molecule has 6 heteroatoms. The molecule has 2 heterocycles. The summed E-state index contributed by atoms with van der Waals surface area (Å²) in [6.07, 6.45) is 3.96. The van der Waals surface area contributed by atoms with E-state index in [-0.39, 0.29) is 12.5 Å². The summed E-state index contributed by atoms with van der Waals surface area (Å²) in [7, 11) is 0. The van der Waals surface area contributed by atoms with Crippen molar-refractivity contribution in [3.63, 3.8) is 0 Å². The normalized spacial score (nSPS) is 13.8. The van der Waals surface area contributed by atoms with E-state index in [4.69, 9.17) is 0 Å². The summed E-state index contributed by atoms with van der Waals surface area (Å²) < 4.78 is 1.59. The fraction of sp³-hybridized carbons (Fsp3) is 0.267. The molecule has 1 amide bonds. The molecule has 1 aliphatic heterocycles. The van der Waals surface area contributed by atoms with Crippen LogP contribution in [0.15, 0.2) is 36.7 Å². The summed E-state index contributed by atoms with van der Waals surface area (Å²) in [6.45, 7) is 1.20. The second-order valence-corrected chi connectivity index (χ2v) is 5.02. The number of aromatic nitrogens is 2. The van der Waals surface area contributed by atoms with Gasteiger partial charge in [-0.3, -0.25) is 9.48 Å². The van der Waals surface area contributed by atoms with Crippen LogP contribution in [0.5, 0.6) is 0 Å². The fourth-order valence-corrected chi connectivity index (χ4v) is 2.66. The van der Waals surface area contributed by atoms with Gasteiger partial charge >= 0.3 is 5.97 Å². The van der Waals surface area contributed by atoms with Gasteiger partial charge in [0.15, 0.2) is 0 Å². The van der Waals surface area contributed by atoms with E-state index in [1.54, 1.807) is 40.2 Å². The number of nitrogens with zero attached hydrogens (tertiary/aromatic N) is 3. The van der Waals surface area contributed by atoms with Crippen molar-refractivity contribution in [2.24, 2.45) is 0 Å². The van der Waals surface area contributed by atoms with Gasteiger partial charge in [-0.15, -0.1) is 0 Å². The number of amides is 1. The van der Waals surface area contributed by atoms with E-state index in [1.165, 1.54) is 0 Å². The quantitative estimate of drug-likeness (QED) is 0.918. The SMILES string of the molecule is O=C(O)c1cccc2c1CCN(C(=O)Cn1cccn1)C2. The highest BCUT2D eigenvalue weighted by Crippen LogP contribution is 2.22. The standard InChI is InChI=1S/C15H15N3O3/c19-14(10-18-7-2-6-16-18)17-8-5-12-11(9-17)3-1-4-13(12)15(20)21/h1-4,6-7H,5,8-10H2,(H,20,21). The molecule has 108 valence electrons. The molecule has 0 spiro atoms. The fourth-order valence-electron chi connectivity index (χ4n) is 2.66. The van der Waals surface area contributed by atoms with Crippen LogP contribution < -0.4 is 0 Å². The highest BCUT2D eigenvalue weighted by molar-refractivity contribution is 5.90. The Morgan fingerprint density at radius 1 is 1.29 bits per heavy atom. The van der Waals surface area contributed by atoms with E-state index in [2.05, 4.69) is 5.10 Å². The minimum atomic E-state index is -0.914. The van der Waals surface area contributed by atoms with Crippen LogP contribution in [0.1, 0.15) is 21.5 Å². The number of benzene rings is 1. The van der Waals surface area contributed by atoms with Gasteiger partial charge in [0.1, 0.15) is 6.54 Å². The third-order valence-electron chi connectivity index (χ3n) is 3.71. The molecule has 0 atom stereocenters. The predicted molar refractivity (Wildman–Crippen MR) is 74.7 cm³/mol. The number of carbonyl (C=O) groups is 2. The molecule has 0 fully saturated rings. The van der Waals surface area contributed by atoms with Gasteiger partial charge in [0.05, 0.1) is 5.56 Å². The summed E-state index contributed by atoms with van der Waals surface area (Å²) in [4.78, 5) is 25.2. The van der Waals surface area contributed by atoms with Gasteiger partial charge in [-0.2, -0.15) is 5.10 Å². The molecule has 2 aromatic rings. The van der Waals surface area contributed by atoms with E-state index in [0.717, 1.165) is 11.1 Å². The van der Waals surface area contributed by atoms with Crippen LogP contribution in [0.25, 0.3) is 0 Å². The van der Waals surface area contributed by atoms with Crippen molar-refractivity contribution in [1.82, 2.24) is 14.7 Å². The van der Waals surface area contributed by atoms with Gasteiger partial charge in [-0.1, -0.05) is 12.1 Å². The number of aromatic carboxylic acids is 1. The molecule has 6 nitrogen and oxygen atoms in total. The molecule has 0 saturated heterocycles. The molecule has 1 aromatic carbocycles. The van der Waals surface area contributed by atoms with Crippen LogP contribution in [-0.4, -0.2) is 38.2 Å². The average molecular weight is 285 g/mol. The van der Waals surface area contributed by atoms with E-state index in [9.17, 15) is 14.7 Å². The van der Waals surface area contributed by atoms with Crippen LogP contribution in [0.3, 0.4) is 0 Å². The number of carbonyl (C=O) groups excluding carboxylic acids is 1. The first-order valence-electron chi connectivity index (χ1n) is 6.74. The largest absolute Gasteiger partial charge is 0.478 e. The Morgan fingerprint density at radius 2 is 2.14 bits per heavy atom. The minimum Gasteiger partial charge on any atom is -0.478 e. The Bertz CT molecular complexity index is 679. The first-order chi connectivity index (χ1) is 10.1. The minimum absolute atomic E-state index is 0.00919. The zero-order chi connectivity index (χ0) is 14.8. The Labute approximate surface area is 121 Å². The first-order valence-corrected chi connectivity index (χ1v) is 6.74. The van der Waals surface area contributed by atoms with Gasteiger partial charge in [-0.25, -0.2) is 4.79 Å². The number of fused-ring (bicyclic) bond motifs is 1. The predicted octanol–water partition coefficient (Wildman–Crippen LogP) is 1.17. The molecular formula is C15H15N3O3. The van der Waals surface area contributed by atoms with Crippen LogP contribution in [-0.2, 0) is 24.3 Å². The summed E-state index contributed by atoms with van der Waals surface area (Å²) in [6, 6.07) is 7.00. The third-order valence-corrected chi connectivity index (χ3v) is 3.71. The van der Waals surface area contributed by atoms with E-state index < -0.39 is 5.97 Å². The zero-order valence-electron chi connectivity index (χ0n) is 11.4. The second kappa shape index (κ2) is 5.40. The van der Waals surface area contributed by atoms with Gasteiger partial charge in [0.25, 0.3) is 0 Å². The molecule has 0 unspecified atom stereocenters. The Balaban J connectivity index is 1.77. The number of hydrogen-bond acceptors (Lipinski definition) is 3. The first kappa shape index (κ1) is 13.4. The van der Waals surface area contributed by atoms with Crippen molar-refractivity contribution in [2.75, 3.05) is 6.54 Å². The molecule has 1 aromatic heterocycles. The maximum atomic E-state index is 12.2. The van der Waals surface area contributed by atoms with Crippen molar-refractivity contribution in [3.05, 3.63) is 53.3 Å². The number of carboxylic acid groups (broad SMARTS) is 1. The monoisotopic (exact) mass is 285 g/mol. The van der Waals surface area contributed by atoms with Gasteiger partial charge in [0.2, 0.25) is 5.91 Å². The van der Waals surface area contributed by atoms with Crippen LogP contribution in [0, 0.1) is 0 Å². The highest BCUT2D eigenvalue weighted by atomic mass is 16.4. The highest BCUT2D eigenvalue weighted by Gasteiger charge is 2.24. The van der Waals surface area contributed by atoms with Crippen LogP contribution in [0.4, 0.5) is 0 Å². The summed E-state index contributed by atoms with van der Waals surface area (Å²) >= 11 is 0. The van der Waals surface area contributed by atoms with Crippen LogP contribution >= 0.6 is 0 Å². The number of rotatable bonds is 3. The molecule has 0 radical (unpaired) electrons. The van der Waals surface area contributed by atoms with Gasteiger partial charge < -0.3 is 10.0 Å². The molecule has 3 rings (SSSR count). The molecule has 0 aliphatic carbocycles. The molecule has 21 heavy (non-hydrogen) atoms. The summed E-state index contributed by atoms with van der Waals surface area (Å²) in [5.74, 6) is -0.923. The van der Waals surface area contributed by atoms with Crippen molar-refractivity contribution in [2.45, 2.75) is 19.5 Å². The average Bonchev–Trinajstić information content (AvgIpc) is 2.98. The lowest BCUT2D eigenvalue weighted by Gasteiger charge is -2.29. The number of carboxylic acids is 1. The lowest BCUT2D eigenvalue weighted by molar-refractivity contribution is -0.132. The topological polar surface area (TPSA) is 75.4 Å². The second-order valence-electron chi connectivity index (χ2n) is 5.02. The molecular weight excluding hydrogens is 270 g/mol. The van der Waals surface area contributed by atoms with Gasteiger partial charge in [-0.05, 0) is 29.7 Å². The zero-order valence-corrected chi connectivity index (χ0v) is 11.4. The molecule has 0 saturated carbocycles. The van der Waals surface area contributed by atoms with E-state index in [1.807, 2.05) is 6.07 Å². The van der Waals surface area contributed by atoms with E-state index in [0.29, 0.717) is 25.1 Å². The third kappa shape index (κ3) is 2.65. The van der Waals surface area contributed by atoms with Crippen molar-refractivity contribution >= 4 is 11.9 Å². The Hall–Kier alpha value is -2.63. The smallest absolute Gasteiger partial charge is 0.335 e. The lowest BCUT2D eigenvalue weighted by Crippen LogP contribution is -2.38. The molecule has 1 aliphatic rings. The number of hydrogen-bond donors (Lipinski definition) is 1. The molecule has 1 N–H and O–H groups in total. The molecule has 0 bridgehead atoms. The maximum Gasteiger partial charge on any atom is 0.335 e. The van der Waals surface area contributed by atoms with E-state index >= 15 is 0 Å². The Kier molecular flexibility index (Phi) is 3.43. The summed E-state index contributed by atoms with van der Waals surface area (Å²) in [5.41, 5.74) is 2.09. The van der Waals surface area contributed by atoms with Crippen LogP contribution in [0.2, 0.25) is 0 Å². The summed E-state index contributed by atoms with van der Waals surface area (Å²) in [5, 5.41) is 13.2.